The number of hydrogen-bond donors (Lipinski definition) is 1. The van der Waals surface area contributed by atoms with E-state index in [4.69, 9.17) is 5.11 Å². The second kappa shape index (κ2) is 8.74. The molecule has 0 heterocycles. The number of fused-ring (bicyclic) bond motifs is 1. The van der Waals surface area contributed by atoms with Gasteiger partial charge in [0.05, 0.1) is 0 Å². The molecule has 0 aromatic heterocycles. The van der Waals surface area contributed by atoms with Gasteiger partial charge in [-0.1, -0.05) is 79.7 Å². The zero-order valence-electron chi connectivity index (χ0n) is 13.4. The molecule has 0 bridgehead atoms. The van der Waals surface area contributed by atoms with Crippen LogP contribution in [-0.2, 0) is 17.6 Å². The van der Waals surface area contributed by atoms with Gasteiger partial charge in [0.15, 0.2) is 0 Å². The second-order valence-corrected chi connectivity index (χ2v) is 5.41. The highest BCUT2D eigenvalue weighted by Gasteiger charge is 1.96. The molecule has 2 heteroatoms. The molecule has 23 heavy (non-hydrogen) atoms. The number of aliphatic carboxylic acids is 1. The number of carbonyl (C=O) groups is 1. The van der Waals surface area contributed by atoms with Gasteiger partial charge in [0.1, 0.15) is 0 Å². The Bertz CT molecular complexity index is 748. The predicted molar refractivity (Wildman–Crippen MR) is 95.7 cm³/mol. The van der Waals surface area contributed by atoms with Crippen LogP contribution in [0.4, 0.5) is 0 Å². The molecule has 118 valence electrons. The summed E-state index contributed by atoms with van der Waals surface area (Å²) in [5.74, 6) is -0.742. The lowest BCUT2D eigenvalue weighted by Crippen LogP contribution is -1.96. The van der Waals surface area contributed by atoms with Crippen molar-refractivity contribution in [1.29, 1.82) is 0 Å². The molecule has 0 aliphatic heterocycles. The zero-order chi connectivity index (χ0) is 16.5. The van der Waals surface area contributed by atoms with E-state index in [0.717, 1.165) is 12.0 Å². The Morgan fingerprint density at radius 1 is 0.826 bits per heavy atom. The Morgan fingerprint density at radius 2 is 1.48 bits per heavy atom. The standard InChI is InChI=1S/C12H12.C9H10O2/c1-2-10-7-8-11-5-3-4-6-12(11)9-10;10-9(11)7-6-8-4-2-1-3-5-8/h3-9H,2H2,1H3;1-5H,6-7H2,(H,10,11). The number of benzene rings is 3. The maximum Gasteiger partial charge on any atom is 0.303 e. The largest absolute Gasteiger partial charge is 0.481 e. The van der Waals surface area contributed by atoms with E-state index in [1.165, 1.54) is 16.3 Å². The Morgan fingerprint density at radius 3 is 2.13 bits per heavy atom. The minimum absolute atomic E-state index is 0.212. The summed E-state index contributed by atoms with van der Waals surface area (Å²) in [4.78, 5) is 10.2. The van der Waals surface area contributed by atoms with Gasteiger partial charge >= 0.3 is 5.97 Å². The van der Waals surface area contributed by atoms with Gasteiger partial charge in [-0.2, -0.15) is 0 Å². The first kappa shape index (κ1) is 16.8. The molecular weight excluding hydrogens is 284 g/mol. The van der Waals surface area contributed by atoms with Crippen molar-refractivity contribution in [2.45, 2.75) is 26.2 Å². The van der Waals surface area contributed by atoms with Crippen LogP contribution in [0.15, 0.2) is 72.8 Å². The molecule has 3 aromatic carbocycles. The van der Waals surface area contributed by atoms with E-state index in [1.807, 2.05) is 30.3 Å². The van der Waals surface area contributed by atoms with E-state index < -0.39 is 5.97 Å². The molecule has 0 spiro atoms. The Hall–Kier alpha value is -2.61. The molecule has 3 rings (SSSR count). The lowest BCUT2D eigenvalue weighted by Gasteiger charge is -1.99. The SMILES string of the molecule is CCc1ccc2ccccc2c1.O=C(O)CCc1ccccc1. The van der Waals surface area contributed by atoms with Crippen LogP contribution in [0.3, 0.4) is 0 Å². The van der Waals surface area contributed by atoms with Gasteiger partial charge in [-0.05, 0) is 34.7 Å². The van der Waals surface area contributed by atoms with Crippen molar-refractivity contribution in [3.8, 4) is 0 Å². The average Bonchev–Trinajstić information content (AvgIpc) is 2.61. The fourth-order valence-corrected chi connectivity index (χ4v) is 2.35. The normalized spacial score (nSPS) is 9.96. The van der Waals surface area contributed by atoms with Crippen molar-refractivity contribution in [1.82, 2.24) is 0 Å². The van der Waals surface area contributed by atoms with Crippen LogP contribution in [0.25, 0.3) is 10.8 Å². The van der Waals surface area contributed by atoms with Crippen LogP contribution < -0.4 is 0 Å². The van der Waals surface area contributed by atoms with Crippen LogP contribution in [-0.4, -0.2) is 11.1 Å². The predicted octanol–water partition coefficient (Wildman–Crippen LogP) is 5.11. The third-order valence-corrected chi connectivity index (χ3v) is 3.69. The van der Waals surface area contributed by atoms with E-state index in [1.54, 1.807) is 0 Å². The smallest absolute Gasteiger partial charge is 0.303 e. The van der Waals surface area contributed by atoms with Crippen LogP contribution in [0, 0.1) is 0 Å². The summed E-state index contributed by atoms with van der Waals surface area (Å²) in [6.45, 7) is 2.18. The van der Waals surface area contributed by atoms with E-state index in [0.29, 0.717) is 6.42 Å². The van der Waals surface area contributed by atoms with Crippen molar-refractivity contribution in [2.75, 3.05) is 0 Å². The molecule has 0 saturated carbocycles. The van der Waals surface area contributed by atoms with Gasteiger partial charge in [0, 0.05) is 6.42 Å². The molecule has 0 aliphatic carbocycles. The number of hydrogen-bond acceptors (Lipinski definition) is 1. The molecule has 0 aliphatic rings. The topological polar surface area (TPSA) is 37.3 Å². The first-order chi connectivity index (χ1) is 11.2. The van der Waals surface area contributed by atoms with Gasteiger partial charge in [0.25, 0.3) is 0 Å². The summed E-state index contributed by atoms with van der Waals surface area (Å²) in [5, 5.41) is 11.0. The van der Waals surface area contributed by atoms with Gasteiger partial charge in [-0.25, -0.2) is 0 Å². The third-order valence-electron chi connectivity index (χ3n) is 3.69. The Labute approximate surface area is 137 Å². The van der Waals surface area contributed by atoms with E-state index >= 15 is 0 Å². The Balaban J connectivity index is 0.000000168. The first-order valence-electron chi connectivity index (χ1n) is 7.92. The number of aryl methyl sites for hydroxylation is 2. The monoisotopic (exact) mass is 306 g/mol. The summed E-state index contributed by atoms with van der Waals surface area (Å²) < 4.78 is 0. The number of carboxylic acid groups (broad SMARTS) is 1. The summed E-state index contributed by atoms with van der Waals surface area (Å²) in [6.07, 6.45) is 1.95. The maximum atomic E-state index is 10.2. The minimum atomic E-state index is -0.742. The van der Waals surface area contributed by atoms with E-state index in [2.05, 4.69) is 49.4 Å². The van der Waals surface area contributed by atoms with Gasteiger partial charge < -0.3 is 5.11 Å². The van der Waals surface area contributed by atoms with Crippen LogP contribution >= 0.6 is 0 Å². The molecule has 0 amide bonds. The first-order valence-corrected chi connectivity index (χ1v) is 7.92. The van der Waals surface area contributed by atoms with Crippen molar-refractivity contribution in [2.24, 2.45) is 0 Å². The van der Waals surface area contributed by atoms with Crippen molar-refractivity contribution < 1.29 is 9.90 Å². The zero-order valence-corrected chi connectivity index (χ0v) is 13.4. The van der Waals surface area contributed by atoms with Crippen LogP contribution in [0.1, 0.15) is 24.5 Å². The molecule has 0 saturated heterocycles. The summed E-state index contributed by atoms with van der Waals surface area (Å²) in [6, 6.07) is 24.7. The lowest BCUT2D eigenvalue weighted by atomic mass is 10.1. The minimum Gasteiger partial charge on any atom is -0.481 e. The molecule has 1 N–H and O–H groups in total. The quantitative estimate of drug-likeness (QED) is 0.727. The maximum absolute atomic E-state index is 10.2. The molecule has 0 atom stereocenters. The highest BCUT2D eigenvalue weighted by atomic mass is 16.4. The third kappa shape index (κ3) is 5.59. The number of carboxylic acids is 1. The lowest BCUT2D eigenvalue weighted by molar-refractivity contribution is -0.136. The van der Waals surface area contributed by atoms with E-state index in [9.17, 15) is 4.79 Å². The van der Waals surface area contributed by atoms with Crippen LogP contribution in [0.2, 0.25) is 0 Å². The Kier molecular flexibility index (Phi) is 6.37. The van der Waals surface area contributed by atoms with Gasteiger partial charge in [-0.15, -0.1) is 0 Å². The second-order valence-electron chi connectivity index (χ2n) is 5.41. The molecule has 0 radical (unpaired) electrons. The molecule has 0 fully saturated rings. The highest BCUT2D eigenvalue weighted by molar-refractivity contribution is 5.82. The fourth-order valence-electron chi connectivity index (χ4n) is 2.35. The summed E-state index contributed by atoms with van der Waals surface area (Å²) in [7, 11) is 0. The van der Waals surface area contributed by atoms with Crippen molar-refractivity contribution >= 4 is 16.7 Å². The molecule has 0 unspecified atom stereocenters. The highest BCUT2D eigenvalue weighted by Crippen LogP contribution is 2.15. The van der Waals surface area contributed by atoms with Gasteiger partial charge in [-0.3, -0.25) is 4.79 Å². The van der Waals surface area contributed by atoms with E-state index in [-0.39, 0.29) is 6.42 Å². The summed E-state index contributed by atoms with van der Waals surface area (Å²) >= 11 is 0. The summed E-state index contributed by atoms with van der Waals surface area (Å²) in [5.41, 5.74) is 2.49. The van der Waals surface area contributed by atoms with Crippen LogP contribution in [0.5, 0.6) is 0 Å². The fraction of sp³-hybridized carbons (Fsp3) is 0.190. The molecular formula is C21H22O2. The molecule has 3 aromatic rings. The van der Waals surface area contributed by atoms with Crippen molar-refractivity contribution in [3.05, 3.63) is 83.9 Å². The average molecular weight is 306 g/mol. The van der Waals surface area contributed by atoms with Gasteiger partial charge in [0.2, 0.25) is 0 Å². The number of rotatable bonds is 4. The molecule has 2 nitrogen and oxygen atoms in total. The van der Waals surface area contributed by atoms with Crippen molar-refractivity contribution in [3.63, 3.8) is 0 Å².